The Kier molecular flexibility index (Phi) is 5.13. The van der Waals surface area contributed by atoms with Gasteiger partial charge in [-0.2, -0.15) is 4.98 Å². The van der Waals surface area contributed by atoms with Crippen LogP contribution in [0.4, 0.5) is 0 Å². The normalized spacial score (nSPS) is 18.3. The van der Waals surface area contributed by atoms with E-state index in [1.807, 2.05) is 0 Å². The van der Waals surface area contributed by atoms with E-state index in [0.29, 0.717) is 18.3 Å². The van der Waals surface area contributed by atoms with Crippen molar-refractivity contribution >= 4 is 0 Å². The van der Waals surface area contributed by atoms with Crippen molar-refractivity contribution in [3.63, 3.8) is 0 Å². The molecule has 0 aliphatic heterocycles. The van der Waals surface area contributed by atoms with Crippen molar-refractivity contribution in [2.75, 3.05) is 13.2 Å². The molecule has 1 saturated carbocycles. The van der Waals surface area contributed by atoms with E-state index >= 15 is 0 Å². The second-order valence-electron chi connectivity index (χ2n) is 5.08. The Hall–Kier alpha value is -0.940. The van der Waals surface area contributed by atoms with E-state index in [2.05, 4.69) is 17.1 Å². The molecule has 0 aromatic carbocycles. The monoisotopic (exact) mass is 253 g/mol. The molecule has 0 amide bonds. The highest BCUT2D eigenvalue weighted by Gasteiger charge is 2.20. The Bertz CT molecular complexity index is 348. The van der Waals surface area contributed by atoms with Crippen molar-refractivity contribution in [2.24, 2.45) is 11.7 Å². The third-order valence-corrected chi connectivity index (χ3v) is 3.40. The molecule has 0 bridgehead atoms. The molecular formula is C13H23N3O2. The van der Waals surface area contributed by atoms with E-state index < -0.39 is 0 Å². The van der Waals surface area contributed by atoms with Gasteiger partial charge in [0, 0.05) is 13.0 Å². The maximum atomic E-state index is 5.95. The van der Waals surface area contributed by atoms with Crippen LogP contribution in [-0.2, 0) is 11.2 Å². The Labute approximate surface area is 108 Å². The second-order valence-corrected chi connectivity index (χ2v) is 5.08. The van der Waals surface area contributed by atoms with Gasteiger partial charge in [-0.15, -0.1) is 0 Å². The molecular weight excluding hydrogens is 230 g/mol. The van der Waals surface area contributed by atoms with Gasteiger partial charge >= 0.3 is 0 Å². The summed E-state index contributed by atoms with van der Waals surface area (Å²) >= 11 is 0. The third-order valence-electron chi connectivity index (χ3n) is 3.40. The molecule has 18 heavy (non-hydrogen) atoms. The van der Waals surface area contributed by atoms with Crippen LogP contribution in [-0.4, -0.2) is 23.4 Å². The number of nitrogens with zero attached hydrogens (tertiary/aromatic N) is 2. The molecule has 0 radical (unpaired) electrons. The van der Waals surface area contributed by atoms with Gasteiger partial charge in [0.05, 0.1) is 12.6 Å². The number of hydrogen-bond acceptors (Lipinski definition) is 5. The summed E-state index contributed by atoms with van der Waals surface area (Å²) in [7, 11) is 0. The fraction of sp³-hybridized carbons (Fsp3) is 0.846. The fourth-order valence-electron chi connectivity index (χ4n) is 2.39. The molecule has 1 atom stereocenters. The fourth-order valence-corrected chi connectivity index (χ4v) is 2.39. The van der Waals surface area contributed by atoms with E-state index in [1.165, 1.54) is 25.7 Å². The van der Waals surface area contributed by atoms with Crippen molar-refractivity contribution in [2.45, 2.75) is 51.5 Å². The van der Waals surface area contributed by atoms with E-state index in [1.54, 1.807) is 0 Å². The van der Waals surface area contributed by atoms with Crippen LogP contribution in [0.15, 0.2) is 4.52 Å². The van der Waals surface area contributed by atoms with Crippen molar-refractivity contribution in [1.29, 1.82) is 0 Å². The maximum Gasteiger partial charge on any atom is 0.226 e. The lowest BCUT2D eigenvalue weighted by Gasteiger charge is -2.06. The smallest absolute Gasteiger partial charge is 0.226 e. The quantitative estimate of drug-likeness (QED) is 0.754. The molecule has 1 aliphatic rings. The number of aromatic nitrogens is 2. The molecule has 102 valence electrons. The standard InChI is InChI=1S/C13H23N3O2/c1-2-7-17-9-11(14)13-15-12(18-16-13)8-10-5-3-4-6-10/h10-11H,2-9,14H2,1H3. The van der Waals surface area contributed by atoms with Gasteiger partial charge in [0.2, 0.25) is 5.89 Å². The van der Waals surface area contributed by atoms with Crippen LogP contribution >= 0.6 is 0 Å². The van der Waals surface area contributed by atoms with Crippen LogP contribution in [0, 0.1) is 5.92 Å². The van der Waals surface area contributed by atoms with Crippen molar-refractivity contribution < 1.29 is 9.26 Å². The summed E-state index contributed by atoms with van der Waals surface area (Å²) < 4.78 is 10.7. The van der Waals surface area contributed by atoms with Gasteiger partial charge in [-0.1, -0.05) is 24.9 Å². The lowest BCUT2D eigenvalue weighted by Crippen LogP contribution is -2.19. The predicted molar refractivity (Wildman–Crippen MR) is 68.0 cm³/mol. The number of hydrogen-bond donors (Lipinski definition) is 1. The maximum absolute atomic E-state index is 5.95. The zero-order chi connectivity index (χ0) is 12.8. The van der Waals surface area contributed by atoms with Crippen LogP contribution in [0.25, 0.3) is 0 Å². The molecule has 5 heteroatoms. The summed E-state index contributed by atoms with van der Waals surface area (Å²) in [4.78, 5) is 4.37. The Balaban J connectivity index is 1.80. The average molecular weight is 253 g/mol. The summed E-state index contributed by atoms with van der Waals surface area (Å²) in [6, 6.07) is -0.280. The molecule has 1 fully saturated rings. The third kappa shape index (κ3) is 3.78. The number of ether oxygens (including phenoxy) is 1. The zero-order valence-electron chi connectivity index (χ0n) is 11.1. The van der Waals surface area contributed by atoms with Gasteiger partial charge in [-0.05, 0) is 25.2 Å². The highest BCUT2D eigenvalue weighted by atomic mass is 16.5. The number of nitrogens with two attached hydrogens (primary N) is 1. The van der Waals surface area contributed by atoms with Crippen molar-refractivity contribution in [1.82, 2.24) is 10.1 Å². The Morgan fingerprint density at radius 3 is 2.94 bits per heavy atom. The molecule has 5 nitrogen and oxygen atoms in total. The molecule has 1 aromatic heterocycles. The highest BCUT2D eigenvalue weighted by molar-refractivity contribution is 4.94. The summed E-state index contributed by atoms with van der Waals surface area (Å²) in [6.45, 7) is 3.25. The van der Waals surface area contributed by atoms with Crippen LogP contribution < -0.4 is 5.73 Å². The first-order valence-corrected chi connectivity index (χ1v) is 6.95. The molecule has 1 aromatic rings. The van der Waals surface area contributed by atoms with Gasteiger partial charge in [-0.3, -0.25) is 0 Å². The average Bonchev–Trinajstić information content (AvgIpc) is 3.01. The molecule has 1 unspecified atom stereocenters. The summed E-state index contributed by atoms with van der Waals surface area (Å²) in [6.07, 6.45) is 7.11. The van der Waals surface area contributed by atoms with E-state index in [9.17, 15) is 0 Å². The minimum atomic E-state index is -0.280. The molecule has 2 rings (SSSR count). The Morgan fingerprint density at radius 2 is 2.22 bits per heavy atom. The first kappa shape index (κ1) is 13.5. The van der Waals surface area contributed by atoms with Gasteiger partial charge in [0.15, 0.2) is 5.82 Å². The van der Waals surface area contributed by atoms with Crippen LogP contribution in [0.1, 0.15) is 56.8 Å². The van der Waals surface area contributed by atoms with Gasteiger partial charge in [0.1, 0.15) is 0 Å². The van der Waals surface area contributed by atoms with E-state index in [-0.39, 0.29) is 6.04 Å². The van der Waals surface area contributed by atoms with E-state index in [0.717, 1.165) is 25.3 Å². The predicted octanol–water partition coefficient (Wildman–Crippen LogP) is 2.23. The van der Waals surface area contributed by atoms with Crippen LogP contribution in [0.3, 0.4) is 0 Å². The molecule has 0 saturated heterocycles. The van der Waals surface area contributed by atoms with Gasteiger partial charge in [0.25, 0.3) is 0 Å². The SMILES string of the molecule is CCCOCC(N)c1noc(CC2CCCC2)n1. The van der Waals surface area contributed by atoms with Crippen LogP contribution in [0.5, 0.6) is 0 Å². The van der Waals surface area contributed by atoms with Gasteiger partial charge < -0.3 is 15.0 Å². The second kappa shape index (κ2) is 6.85. The largest absolute Gasteiger partial charge is 0.379 e. The van der Waals surface area contributed by atoms with Crippen molar-refractivity contribution in [3.8, 4) is 0 Å². The molecule has 2 N–H and O–H groups in total. The zero-order valence-corrected chi connectivity index (χ0v) is 11.1. The first-order chi connectivity index (χ1) is 8.79. The van der Waals surface area contributed by atoms with Crippen molar-refractivity contribution in [3.05, 3.63) is 11.7 Å². The summed E-state index contributed by atoms with van der Waals surface area (Å²) in [5, 5.41) is 3.95. The molecule has 0 spiro atoms. The molecule has 1 heterocycles. The summed E-state index contributed by atoms with van der Waals surface area (Å²) in [5.74, 6) is 2.01. The minimum Gasteiger partial charge on any atom is -0.379 e. The highest BCUT2D eigenvalue weighted by Crippen LogP contribution is 2.27. The first-order valence-electron chi connectivity index (χ1n) is 6.95. The number of rotatable bonds is 7. The van der Waals surface area contributed by atoms with Crippen LogP contribution in [0.2, 0.25) is 0 Å². The minimum absolute atomic E-state index is 0.280. The molecule has 1 aliphatic carbocycles. The lowest BCUT2D eigenvalue weighted by molar-refractivity contribution is 0.119. The Morgan fingerprint density at radius 1 is 1.44 bits per heavy atom. The summed E-state index contributed by atoms with van der Waals surface area (Å²) in [5.41, 5.74) is 5.95. The topological polar surface area (TPSA) is 74.2 Å². The lowest BCUT2D eigenvalue weighted by atomic mass is 10.0. The van der Waals surface area contributed by atoms with Gasteiger partial charge in [-0.25, -0.2) is 0 Å². The van der Waals surface area contributed by atoms with E-state index in [4.69, 9.17) is 15.0 Å².